The molecule has 2 aliphatic rings. The number of carbonyl (C=O) groups excluding carboxylic acids is 1. The zero-order valence-electron chi connectivity index (χ0n) is 12.6. The molecule has 0 radical (unpaired) electrons. The van der Waals surface area contributed by atoms with Gasteiger partial charge in [-0.15, -0.1) is 0 Å². The van der Waals surface area contributed by atoms with Crippen LogP contribution in [0.25, 0.3) is 0 Å². The van der Waals surface area contributed by atoms with Gasteiger partial charge in [-0.3, -0.25) is 4.79 Å². The van der Waals surface area contributed by atoms with Crippen molar-refractivity contribution in [1.29, 1.82) is 0 Å². The van der Waals surface area contributed by atoms with E-state index < -0.39 is 20.2 Å². The van der Waals surface area contributed by atoms with E-state index in [0.717, 1.165) is 37.5 Å². The van der Waals surface area contributed by atoms with E-state index in [1.807, 2.05) is 0 Å². The summed E-state index contributed by atoms with van der Waals surface area (Å²) < 4.78 is 60.8. The molecular formula is C15H17F3N2O3S. The van der Waals surface area contributed by atoms with Gasteiger partial charge in [0.05, 0.1) is 10.8 Å². The maximum Gasteiger partial charge on any atom is 0.501 e. The van der Waals surface area contributed by atoms with Gasteiger partial charge in [-0.1, -0.05) is 6.07 Å². The Morgan fingerprint density at radius 2 is 1.88 bits per heavy atom. The quantitative estimate of drug-likeness (QED) is 0.863. The average molecular weight is 362 g/mol. The van der Waals surface area contributed by atoms with Crippen molar-refractivity contribution >= 4 is 21.4 Å². The zero-order chi connectivity index (χ0) is 17.7. The fraction of sp³-hybridized carbons (Fsp3) is 0.533. The van der Waals surface area contributed by atoms with Gasteiger partial charge in [0.1, 0.15) is 0 Å². The van der Waals surface area contributed by atoms with E-state index in [9.17, 15) is 26.4 Å². The predicted molar refractivity (Wildman–Crippen MR) is 80.6 cm³/mol. The van der Waals surface area contributed by atoms with Gasteiger partial charge in [-0.05, 0) is 49.3 Å². The van der Waals surface area contributed by atoms with Crippen LogP contribution in [0.2, 0.25) is 0 Å². The third-order valence-electron chi connectivity index (χ3n) is 5.00. The summed E-state index contributed by atoms with van der Waals surface area (Å²) in [5.74, 6) is -0.252. The molecule has 1 aromatic carbocycles. The third-order valence-corrected chi connectivity index (χ3v) is 6.48. The van der Waals surface area contributed by atoms with Crippen LogP contribution in [0, 0.1) is 17.8 Å². The van der Waals surface area contributed by atoms with Crippen LogP contribution in [-0.4, -0.2) is 25.9 Å². The molecule has 0 saturated heterocycles. The highest BCUT2D eigenvalue weighted by Gasteiger charge is 2.49. The molecule has 1 amide bonds. The molecule has 5 nitrogen and oxygen atoms in total. The van der Waals surface area contributed by atoms with Crippen molar-refractivity contribution in [2.24, 2.45) is 23.5 Å². The van der Waals surface area contributed by atoms with E-state index in [1.54, 1.807) is 0 Å². The van der Waals surface area contributed by atoms with Gasteiger partial charge in [0.2, 0.25) is 5.91 Å². The number of nitrogens with one attached hydrogen (secondary N) is 1. The molecule has 0 aromatic heterocycles. The third kappa shape index (κ3) is 2.79. The molecule has 2 saturated carbocycles. The van der Waals surface area contributed by atoms with Crippen LogP contribution in [0.1, 0.15) is 19.3 Å². The first-order valence-corrected chi connectivity index (χ1v) is 9.07. The molecule has 0 spiro atoms. The van der Waals surface area contributed by atoms with Crippen molar-refractivity contribution in [3.8, 4) is 0 Å². The molecule has 9 heteroatoms. The van der Waals surface area contributed by atoms with Gasteiger partial charge in [-0.2, -0.15) is 13.2 Å². The second-order valence-corrected chi connectivity index (χ2v) is 8.34. The first-order chi connectivity index (χ1) is 11.1. The smallest absolute Gasteiger partial charge is 0.327 e. The molecule has 2 aliphatic carbocycles. The molecule has 132 valence electrons. The number of alkyl halides is 3. The number of anilines is 1. The van der Waals surface area contributed by atoms with Gasteiger partial charge < -0.3 is 11.1 Å². The molecular weight excluding hydrogens is 345 g/mol. The Balaban J connectivity index is 1.80. The summed E-state index contributed by atoms with van der Waals surface area (Å²) >= 11 is 0. The summed E-state index contributed by atoms with van der Waals surface area (Å²) in [5, 5.41) is 2.51. The fourth-order valence-electron chi connectivity index (χ4n) is 3.83. The minimum atomic E-state index is -5.45. The molecule has 1 aromatic rings. The molecule has 3 rings (SSSR count). The van der Waals surface area contributed by atoms with Gasteiger partial charge in [0.15, 0.2) is 0 Å². The normalized spacial score (nSPS) is 29.7. The largest absolute Gasteiger partial charge is 0.501 e. The van der Waals surface area contributed by atoms with Crippen molar-refractivity contribution in [3.63, 3.8) is 0 Å². The van der Waals surface area contributed by atoms with E-state index in [1.165, 1.54) is 6.07 Å². The van der Waals surface area contributed by atoms with Gasteiger partial charge in [0, 0.05) is 11.7 Å². The number of hydrogen-bond acceptors (Lipinski definition) is 4. The lowest BCUT2D eigenvalue weighted by Gasteiger charge is -2.27. The Morgan fingerprint density at radius 1 is 1.21 bits per heavy atom. The highest BCUT2D eigenvalue weighted by molar-refractivity contribution is 7.92. The number of hydrogen-bond donors (Lipinski definition) is 2. The fourth-order valence-corrected chi connectivity index (χ4v) is 4.63. The lowest BCUT2D eigenvalue weighted by molar-refractivity contribution is -0.121. The standard InChI is InChI=1S/C15H17F3N2O3S/c16-15(17,18)24(22,23)11-3-1-2-10(7-11)20-14(21)12-8-4-5-9(6-8)13(12)19/h1-3,7-9,12-13H,4-6,19H2,(H,20,21)/t8-,9+,12?,13-/m1/s1. The highest BCUT2D eigenvalue weighted by Crippen LogP contribution is 2.48. The SMILES string of the molecule is N[C@H]1C(C(=O)Nc2cccc(S(=O)(=O)C(F)(F)F)c2)[C@@H]2CC[C@H]1C2. The molecule has 3 N–H and O–H groups in total. The van der Waals surface area contributed by atoms with Gasteiger partial charge >= 0.3 is 5.51 Å². The molecule has 24 heavy (non-hydrogen) atoms. The first kappa shape index (κ1) is 17.2. The monoisotopic (exact) mass is 362 g/mol. The lowest BCUT2D eigenvalue weighted by atomic mass is 9.84. The number of amides is 1. The molecule has 1 unspecified atom stereocenters. The van der Waals surface area contributed by atoms with Crippen LogP contribution in [0.5, 0.6) is 0 Å². The summed E-state index contributed by atoms with van der Waals surface area (Å²) in [6, 6.07) is 3.92. The predicted octanol–water partition coefficient (Wildman–Crippen LogP) is 2.29. The van der Waals surface area contributed by atoms with E-state index in [2.05, 4.69) is 5.32 Å². The van der Waals surface area contributed by atoms with Crippen LogP contribution in [0.15, 0.2) is 29.2 Å². The van der Waals surface area contributed by atoms with E-state index >= 15 is 0 Å². The molecule has 0 heterocycles. The summed E-state index contributed by atoms with van der Waals surface area (Å²) in [4.78, 5) is 11.5. The lowest BCUT2D eigenvalue weighted by Crippen LogP contribution is -2.42. The Kier molecular flexibility index (Phi) is 4.11. The minimum Gasteiger partial charge on any atom is -0.327 e. The Labute approximate surface area is 137 Å². The number of rotatable bonds is 3. The van der Waals surface area contributed by atoms with Crippen molar-refractivity contribution < 1.29 is 26.4 Å². The highest BCUT2D eigenvalue weighted by atomic mass is 32.2. The van der Waals surface area contributed by atoms with Crippen LogP contribution in [0.4, 0.5) is 18.9 Å². The van der Waals surface area contributed by atoms with Crippen LogP contribution in [-0.2, 0) is 14.6 Å². The molecule has 4 atom stereocenters. The van der Waals surface area contributed by atoms with Crippen molar-refractivity contribution in [1.82, 2.24) is 0 Å². The van der Waals surface area contributed by atoms with Crippen molar-refractivity contribution in [2.45, 2.75) is 35.7 Å². The van der Waals surface area contributed by atoms with Crippen molar-refractivity contribution in [2.75, 3.05) is 5.32 Å². The van der Waals surface area contributed by atoms with Crippen LogP contribution in [0.3, 0.4) is 0 Å². The number of nitrogens with two attached hydrogens (primary N) is 1. The summed E-state index contributed by atoms with van der Waals surface area (Å²) in [7, 11) is -5.45. The Morgan fingerprint density at radius 3 is 2.46 bits per heavy atom. The van der Waals surface area contributed by atoms with Gasteiger partial charge in [0.25, 0.3) is 9.84 Å². The topological polar surface area (TPSA) is 89.3 Å². The average Bonchev–Trinajstić information content (AvgIpc) is 3.07. The summed E-state index contributed by atoms with van der Waals surface area (Å²) in [5.41, 5.74) is 0.697. The van der Waals surface area contributed by atoms with E-state index in [-0.39, 0.29) is 29.5 Å². The first-order valence-electron chi connectivity index (χ1n) is 7.59. The minimum absolute atomic E-state index is 0.0142. The van der Waals surface area contributed by atoms with E-state index in [0.29, 0.717) is 5.92 Å². The maximum absolute atomic E-state index is 12.6. The van der Waals surface area contributed by atoms with E-state index in [4.69, 9.17) is 5.73 Å². The van der Waals surface area contributed by atoms with Crippen LogP contribution >= 0.6 is 0 Å². The number of carbonyl (C=O) groups is 1. The molecule has 0 aliphatic heterocycles. The Hall–Kier alpha value is -1.61. The molecule has 2 bridgehead atoms. The van der Waals surface area contributed by atoms with Crippen molar-refractivity contribution in [3.05, 3.63) is 24.3 Å². The summed E-state index contributed by atoms with van der Waals surface area (Å²) in [6.45, 7) is 0. The summed E-state index contributed by atoms with van der Waals surface area (Å²) in [6.07, 6.45) is 2.80. The maximum atomic E-state index is 12.6. The number of fused-ring (bicyclic) bond motifs is 2. The second-order valence-electron chi connectivity index (χ2n) is 6.40. The van der Waals surface area contributed by atoms with Gasteiger partial charge in [-0.25, -0.2) is 8.42 Å². The Bertz CT molecular complexity index is 761. The number of benzene rings is 1. The molecule has 2 fully saturated rings. The zero-order valence-corrected chi connectivity index (χ0v) is 13.4. The number of sulfone groups is 1. The van der Waals surface area contributed by atoms with Crippen LogP contribution < -0.4 is 11.1 Å². The second kappa shape index (κ2) is 5.73. The number of halogens is 3.